The lowest BCUT2D eigenvalue weighted by Gasteiger charge is -2.33. The van der Waals surface area contributed by atoms with Crippen LogP contribution >= 0.6 is 0 Å². The Morgan fingerprint density at radius 3 is 2.24 bits per heavy atom. The van der Waals surface area contributed by atoms with E-state index in [0.717, 1.165) is 16.7 Å². The fourth-order valence-corrected chi connectivity index (χ4v) is 5.20. The first-order chi connectivity index (χ1) is 18.3. The van der Waals surface area contributed by atoms with E-state index in [0.29, 0.717) is 35.8 Å². The molecule has 0 N–H and O–H groups in total. The molecule has 1 aliphatic rings. The molecule has 196 valence electrons. The zero-order valence-electron chi connectivity index (χ0n) is 20.1. The smallest absolute Gasteiger partial charge is 0.413 e. The van der Waals surface area contributed by atoms with Crippen LogP contribution in [0.3, 0.4) is 0 Å². The predicted molar refractivity (Wildman–Crippen MR) is 138 cm³/mol. The highest BCUT2D eigenvalue weighted by Gasteiger charge is 2.38. The zero-order valence-corrected chi connectivity index (χ0v) is 20.9. The molecule has 1 fully saturated rings. The number of anilines is 1. The monoisotopic (exact) mass is 540 g/mol. The summed E-state index contributed by atoms with van der Waals surface area (Å²) >= 11 is 0. The normalized spacial score (nSPS) is 14.4. The molecule has 1 aromatic heterocycles. The van der Waals surface area contributed by atoms with Gasteiger partial charge in [0.1, 0.15) is 0 Å². The maximum absolute atomic E-state index is 13.7. The topological polar surface area (TPSA) is 79.5 Å². The van der Waals surface area contributed by atoms with E-state index >= 15 is 0 Å². The number of rotatable bonds is 5. The number of carbonyl (C=O) groups excluding carboxylic acids is 1. The van der Waals surface area contributed by atoms with Gasteiger partial charge in [0.05, 0.1) is 6.54 Å². The van der Waals surface area contributed by atoms with Gasteiger partial charge in [-0.3, -0.25) is 9.11 Å². The van der Waals surface area contributed by atoms with Crippen molar-refractivity contribution in [2.24, 2.45) is 0 Å². The molecule has 2 amide bonds. The number of nitrogens with zero attached hydrogens (tertiary/aromatic N) is 4. The predicted octanol–water partition coefficient (Wildman–Crippen LogP) is 5.61. The van der Waals surface area contributed by atoms with Crippen molar-refractivity contribution in [3.63, 3.8) is 0 Å². The Morgan fingerprint density at radius 2 is 1.58 bits per heavy atom. The molecule has 0 spiro atoms. The number of hydrogen-bond donors (Lipinski definition) is 0. The van der Waals surface area contributed by atoms with E-state index in [9.17, 15) is 22.2 Å². The average Bonchev–Trinajstić information content (AvgIpc) is 3.44. The molecule has 0 bridgehead atoms. The van der Waals surface area contributed by atoms with E-state index in [4.69, 9.17) is 4.42 Å². The second-order valence-electron chi connectivity index (χ2n) is 8.73. The van der Waals surface area contributed by atoms with Crippen LogP contribution in [0.25, 0.3) is 22.6 Å². The number of halogens is 3. The van der Waals surface area contributed by atoms with Gasteiger partial charge in [0.15, 0.2) is 0 Å². The summed E-state index contributed by atoms with van der Waals surface area (Å²) in [5.41, 5.74) is 3.74. The van der Waals surface area contributed by atoms with E-state index in [1.54, 1.807) is 34.1 Å². The van der Waals surface area contributed by atoms with Gasteiger partial charge >= 0.3 is 18.1 Å². The molecule has 1 saturated heterocycles. The molecule has 0 radical (unpaired) electrons. The summed E-state index contributed by atoms with van der Waals surface area (Å²) in [5, 5.41) is 6.56. The van der Waals surface area contributed by atoms with Gasteiger partial charge in [0, 0.05) is 46.6 Å². The van der Waals surface area contributed by atoms with Crippen LogP contribution in [-0.2, 0) is 23.5 Å². The van der Waals surface area contributed by atoms with Gasteiger partial charge in [-0.25, -0.2) is 4.79 Å². The summed E-state index contributed by atoms with van der Waals surface area (Å²) in [6.45, 7) is 1.02. The van der Waals surface area contributed by atoms with Gasteiger partial charge in [0.25, 0.3) is 0 Å². The van der Waals surface area contributed by atoms with Crippen LogP contribution in [0.5, 0.6) is 0 Å². The maximum Gasteiger partial charge on any atom is 0.470 e. The molecule has 38 heavy (non-hydrogen) atoms. The molecular weight excluding hydrogens is 517 g/mol. The molecule has 4 aromatic rings. The van der Waals surface area contributed by atoms with Crippen molar-refractivity contribution in [3.05, 3.63) is 90.3 Å². The summed E-state index contributed by atoms with van der Waals surface area (Å²) in [6, 6.07) is 23.8. The number of aromatic nitrogens is 2. The minimum Gasteiger partial charge on any atom is -0.413 e. The van der Waals surface area contributed by atoms with Crippen LogP contribution in [0, 0.1) is 0 Å². The molecule has 5 rings (SSSR count). The van der Waals surface area contributed by atoms with Crippen molar-refractivity contribution in [3.8, 4) is 22.6 Å². The highest BCUT2D eigenvalue weighted by atomic mass is 32.2. The molecule has 11 heteroatoms. The van der Waals surface area contributed by atoms with E-state index < -0.39 is 22.9 Å². The quantitative estimate of drug-likeness (QED) is 0.329. The second kappa shape index (κ2) is 10.8. The summed E-state index contributed by atoms with van der Waals surface area (Å²) < 4.78 is 55.1. The third kappa shape index (κ3) is 5.77. The molecule has 0 saturated carbocycles. The van der Waals surface area contributed by atoms with Gasteiger partial charge < -0.3 is 9.32 Å². The summed E-state index contributed by atoms with van der Waals surface area (Å²) in [4.78, 5) is 17.0. The second-order valence-corrected chi connectivity index (χ2v) is 10.4. The Morgan fingerprint density at radius 1 is 0.895 bits per heavy atom. The highest BCUT2D eigenvalue weighted by Crippen LogP contribution is 2.31. The van der Waals surface area contributed by atoms with Crippen LogP contribution in [0.15, 0.2) is 83.3 Å². The van der Waals surface area contributed by atoms with Gasteiger partial charge in [-0.15, -0.1) is 10.2 Å². The van der Waals surface area contributed by atoms with Gasteiger partial charge in [0.2, 0.25) is 5.89 Å². The van der Waals surface area contributed by atoms with E-state index in [2.05, 4.69) is 10.2 Å². The Kier molecular flexibility index (Phi) is 7.28. The highest BCUT2D eigenvalue weighted by molar-refractivity contribution is 7.85. The van der Waals surface area contributed by atoms with Crippen LogP contribution in [0.1, 0.15) is 11.5 Å². The largest absolute Gasteiger partial charge is 0.470 e. The first kappa shape index (κ1) is 25.7. The number of amides is 2. The van der Waals surface area contributed by atoms with Crippen LogP contribution in [0.2, 0.25) is 0 Å². The number of alkyl halides is 3. The standard InChI is InChI=1S/C27H23F3N4O3S/c28-27(29,30)25-32-31-24(37-25)21-11-9-19(10-12-21)18-34(26(35)33-13-15-38(36)16-14-33)23-8-4-7-22(17-23)20-5-2-1-3-6-20/h1-12,17H,13-16,18H2. The van der Waals surface area contributed by atoms with Crippen LogP contribution in [0.4, 0.5) is 23.7 Å². The van der Waals surface area contributed by atoms with Crippen molar-refractivity contribution in [2.75, 3.05) is 29.5 Å². The van der Waals surface area contributed by atoms with E-state index in [1.807, 2.05) is 54.6 Å². The fourth-order valence-electron chi connectivity index (χ4n) is 4.14. The van der Waals surface area contributed by atoms with Gasteiger partial charge in [-0.2, -0.15) is 13.2 Å². The average molecular weight is 541 g/mol. The molecule has 7 nitrogen and oxygen atoms in total. The molecule has 1 aliphatic heterocycles. The summed E-state index contributed by atoms with van der Waals surface area (Å²) in [7, 11) is -0.929. The molecule has 0 aliphatic carbocycles. The molecular formula is C27H23F3N4O3S. The minimum absolute atomic E-state index is 0.206. The Hall–Kier alpha value is -3.99. The third-order valence-electron chi connectivity index (χ3n) is 6.15. The van der Waals surface area contributed by atoms with Gasteiger partial charge in [-0.05, 0) is 41.0 Å². The lowest BCUT2D eigenvalue weighted by Crippen LogP contribution is -2.48. The van der Waals surface area contributed by atoms with Crippen molar-refractivity contribution in [1.82, 2.24) is 15.1 Å². The Balaban J connectivity index is 1.43. The molecule has 0 unspecified atom stereocenters. The van der Waals surface area contributed by atoms with Crippen molar-refractivity contribution in [2.45, 2.75) is 12.7 Å². The fraction of sp³-hybridized carbons (Fsp3) is 0.222. The van der Waals surface area contributed by atoms with E-state index in [-0.39, 0.29) is 18.5 Å². The van der Waals surface area contributed by atoms with Crippen LogP contribution < -0.4 is 4.90 Å². The maximum atomic E-state index is 13.7. The summed E-state index contributed by atoms with van der Waals surface area (Å²) in [5.74, 6) is -0.784. The molecule has 3 aromatic carbocycles. The Labute approximate surface area is 219 Å². The molecule has 0 atom stereocenters. The lowest BCUT2D eigenvalue weighted by molar-refractivity contribution is -0.156. The number of hydrogen-bond acceptors (Lipinski definition) is 5. The minimum atomic E-state index is -4.72. The van der Waals surface area contributed by atoms with E-state index in [1.165, 1.54) is 0 Å². The van der Waals surface area contributed by atoms with Gasteiger partial charge in [-0.1, -0.05) is 54.6 Å². The van der Waals surface area contributed by atoms with Crippen LogP contribution in [-0.4, -0.2) is 49.9 Å². The number of benzene rings is 3. The first-order valence-electron chi connectivity index (χ1n) is 11.8. The zero-order chi connectivity index (χ0) is 26.7. The van der Waals surface area contributed by atoms with Crippen molar-refractivity contribution < 1.29 is 26.6 Å². The van der Waals surface area contributed by atoms with Crippen molar-refractivity contribution >= 4 is 22.5 Å². The number of carbonyl (C=O) groups is 1. The summed E-state index contributed by atoms with van der Waals surface area (Å²) in [6.07, 6.45) is -4.72. The molecule has 2 heterocycles. The first-order valence-corrected chi connectivity index (χ1v) is 13.3. The lowest BCUT2D eigenvalue weighted by atomic mass is 10.0. The number of urea groups is 1. The third-order valence-corrected chi connectivity index (χ3v) is 7.43. The van der Waals surface area contributed by atoms with Crippen molar-refractivity contribution in [1.29, 1.82) is 0 Å². The SMILES string of the molecule is O=C(N1CCS(=O)CC1)N(Cc1ccc(-c2nnc(C(F)(F)F)o2)cc1)c1cccc(-c2ccccc2)c1. The Bertz CT molecular complexity index is 1430.